The Balaban J connectivity index is 2.87. The zero-order chi connectivity index (χ0) is 9.68. The van der Waals surface area contributed by atoms with E-state index in [9.17, 15) is 0 Å². The molecule has 0 saturated carbocycles. The van der Waals surface area contributed by atoms with E-state index >= 15 is 0 Å². The quantitative estimate of drug-likeness (QED) is 0.713. The van der Waals surface area contributed by atoms with E-state index in [0.29, 0.717) is 11.6 Å². The van der Waals surface area contributed by atoms with Gasteiger partial charge in [-0.1, -0.05) is 43.3 Å². The lowest BCUT2D eigenvalue weighted by Gasteiger charge is -2.07. The minimum atomic E-state index is 0.644. The lowest BCUT2D eigenvalue weighted by molar-refractivity contribution is 0.317. The minimum Gasteiger partial charge on any atom is -0.492 e. The number of benzene rings is 1. The molecule has 1 aromatic rings. The second-order valence-electron chi connectivity index (χ2n) is 2.71. The highest BCUT2D eigenvalue weighted by Crippen LogP contribution is 2.28. The maximum absolute atomic E-state index is 6.05. The summed E-state index contributed by atoms with van der Waals surface area (Å²) in [5, 5.41) is 0.644. The lowest BCUT2D eigenvalue weighted by atomic mass is 10.2. The van der Waals surface area contributed by atoms with Crippen molar-refractivity contribution >= 4 is 17.7 Å². The third-order valence-electron chi connectivity index (χ3n) is 1.67. The van der Waals surface area contributed by atoms with Crippen LogP contribution in [-0.4, -0.2) is 6.61 Å². The van der Waals surface area contributed by atoms with Crippen LogP contribution in [0, 0.1) is 0 Å². The van der Waals surface area contributed by atoms with Gasteiger partial charge in [-0.2, -0.15) is 0 Å². The van der Waals surface area contributed by atoms with E-state index in [2.05, 4.69) is 13.5 Å². The molecular formula is C11H13ClO. The van der Waals surface area contributed by atoms with Crippen LogP contribution >= 0.6 is 11.6 Å². The predicted octanol–water partition coefficient (Wildman–Crippen LogP) is 3.77. The molecule has 1 aromatic carbocycles. The van der Waals surface area contributed by atoms with Crippen molar-refractivity contribution in [2.75, 3.05) is 6.61 Å². The lowest BCUT2D eigenvalue weighted by Crippen LogP contribution is -1.95. The van der Waals surface area contributed by atoms with Gasteiger partial charge in [-0.3, -0.25) is 0 Å². The average Bonchev–Trinajstić information content (AvgIpc) is 2.16. The van der Waals surface area contributed by atoms with E-state index in [0.717, 1.165) is 17.7 Å². The first-order valence-corrected chi connectivity index (χ1v) is 4.71. The topological polar surface area (TPSA) is 9.23 Å². The third-order valence-corrected chi connectivity index (χ3v) is 2.08. The van der Waals surface area contributed by atoms with Crippen LogP contribution in [0.1, 0.15) is 18.9 Å². The molecule has 0 heterocycles. The molecular weight excluding hydrogens is 184 g/mol. The summed E-state index contributed by atoms with van der Waals surface area (Å²) >= 11 is 6.05. The van der Waals surface area contributed by atoms with Crippen LogP contribution in [0.2, 0.25) is 5.02 Å². The predicted molar refractivity (Wildman–Crippen MR) is 57.3 cm³/mol. The summed E-state index contributed by atoms with van der Waals surface area (Å²) in [5.74, 6) is 0.737. The van der Waals surface area contributed by atoms with E-state index in [-0.39, 0.29) is 0 Å². The standard InChI is InChI=1S/C11H13ClO/c1-3-8-13-10-7-5-6-9(4-2)11(10)12/h4-7H,2-3,8H2,1H3. The van der Waals surface area contributed by atoms with E-state index in [1.165, 1.54) is 0 Å². The van der Waals surface area contributed by atoms with Crippen molar-refractivity contribution in [3.63, 3.8) is 0 Å². The first-order chi connectivity index (χ1) is 6.29. The fourth-order valence-corrected chi connectivity index (χ4v) is 1.27. The van der Waals surface area contributed by atoms with Crippen molar-refractivity contribution in [3.8, 4) is 5.75 Å². The monoisotopic (exact) mass is 196 g/mol. The van der Waals surface area contributed by atoms with Crippen molar-refractivity contribution in [2.45, 2.75) is 13.3 Å². The van der Waals surface area contributed by atoms with Crippen LogP contribution in [0.25, 0.3) is 6.08 Å². The number of hydrogen-bond donors (Lipinski definition) is 0. The van der Waals surface area contributed by atoms with Gasteiger partial charge in [0.1, 0.15) is 5.75 Å². The molecule has 0 aromatic heterocycles. The Bertz CT molecular complexity index is 294. The normalized spacial score (nSPS) is 9.69. The highest BCUT2D eigenvalue weighted by Gasteiger charge is 2.03. The summed E-state index contributed by atoms with van der Waals surface area (Å²) in [6, 6.07) is 5.69. The van der Waals surface area contributed by atoms with E-state index in [1.807, 2.05) is 18.2 Å². The molecule has 0 saturated heterocycles. The van der Waals surface area contributed by atoms with Gasteiger partial charge in [0, 0.05) is 0 Å². The van der Waals surface area contributed by atoms with Gasteiger partial charge in [0.05, 0.1) is 11.6 Å². The molecule has 0 atom stereocenters. The maximum Gasteiger partial charge on any atom is 0.138 e. The van der Waals surface area contributed by atoms with Gasteiger partial charge in [0.25, 0.3) is 0 Å². The highest BCUT2D eigenvalue weighted by molar-refractivity contribution is 6.33. The van der Waals surface area contributed by atoms with E-state index in [1.54, 1.807) is 6.08 Å². The van der Waals surface area contributed by atoms with Gasteiger partial charge >= 0.3 is 0 Å². The van der Waals surface area contributed by atoms with Crippen molar-refractivity contribution in [1.82, 2.24) is 0 Å². The summed E-state index contributed by atoms with van der Waals surface area (Å²) in [6.45, 7) is 6.43. The molecule has 1 nitrogen and oxygen atoms in total. The first-order valence-electron chi connectivity index (χ1n) is 4.33. The number of ether oxygens (including phenoxy) is 1. The zero-order valence-corrected chi connectivity index (χ0v) is 8.47. The molecule has 0 fully saturated rings. The summed E-state index contributed by atoms with van der Waals surface area (Å²) in [6.07, 6.45) is 2.70. The Kier molecular flexibility index (Phi) is 3.84. The molecule has 0 bridgehead atoms. The van der Waals surface area contributed by atoms with Crippen LogP contribution in [0.3, 0.4) is 0 Å². The Morgan fingerprint density at radius 1 is 1.54 bits per heavy atom. The Hall–Kier alpha value is -0.950. The van der Waals surface area contributed by atoms with Crippen LogP contribution in [0.15, 0.2) is 24.8 Å². The number of rotatable bonds is 4. The molecule has 0 N–H and O–H groups in total. The van der Waals surface area contributed by atoms with E-state index in [4.69, 9.17) is 16.3 Å². The molecule has 0 unspecified atom stereocenters. The number of halogens is 1. The van der Waals surface area contributed by atoms with Crippen LogP contribution < -0.4 is 4.74 Å². The molecule has 0 amide bonds. The van der Waals surface area contributed by atoms with Gasteiger partial charge in [-0.15, -0.1) is 0 Å². The smallest absolute Gasteiger partial charge is 0.138 e. The van der Waals surface area contributed by atoms with Crippen molar-refractivity contribution in [2.24, 2.45) is 0 Å². The maximum atomic E-state index is 6.05. The Morgan fingerprint density at radius 2 is 2.31 bits per heavy atom. The number of hydrogen-bond acceptors (Lipinski definition) is 1. The Morgan fingerprint density at radius 3 is 2.92 bits per heavy atom. The second kappa shape index (κ2) is 4.93. The fraction of sp³-hybridized carbons (Fsp3) is 0.273. The van der Waals surface area contributed by atoms with Gasteiger partial charge < -0.3 is 4.74 Å². The van der Waals surface area contributed by atoms with Gasteiger partial charge in [0.15, 0.2) is 0 Å². The van der Waals surface area contributed by atoms with Gasteiger partial charge in [0.2, 0.25) is 0 Å². The molecule has 0 aliphatic carbocycles. The minimum absolute atomic E-state index is 0.644. The zero-order valence-electron chi connectivity index (χ0n) is 7.72. The SMILES string of the molecule is C=Cc1cccc(OCCC)c1Cl. The van der Waals surface area contributed by atoms with Crippen LogP contribution in [0.5, 0.6) is 5.75 Å². The van der Waals surface area contributed by atoms with Crippen molar-refractivity contribution in [1.29, 1.82) is 0 Å². The first kappa shape index (κ1) is 10.1. The fourth-order valence-electron chi connectivity index (χ4n) is 1.01. The Labute approximate surface area is 84.0 Å². The van der Waals surface area contributed by atoms with Crippen molar-refractivity contribution in [3.05, 3.63) is 35.4 Å². The third kappa shape index (κ3) is 2.49. The van der Waals surface area contributed by atoms with E-state index < -0.39 is 0 Å². The molecule has 0 aliphatic heterocycles. The molecule has 1 rings (SSSR count). The molecule has 70 valence electrons. The summed E-state index contributed by atoms with van der Waals surface area (Å²) < 4.78 is 5.45. The van der Waals surface area contributed by atoms with Gasteiger partial charge in [-0.25, -0.2) is 0 Å². The largest absolute Gasteiger partial charge is 0.492 e. The van der Waals surface area contributed by atoms with Crippen LogP contribution in [0.4, 0.5) is 0 Å². The summed E-state index contributed by atoms with van der Waals surface area (Å²) in [7, 11) is 0. The molecule has 13 heavy (non-hydrogen) atoms. The average molecular weight is 197 g/mol. The van der Waals surface area contributed by atoms with Crippen LogP contribution in [-0.2, 0) is 0 Å². The molecule has 2 heteroatoms. The van der Waals surface area contributed by atoms with Gasteiger partial charge in [-0.05, 0) is 18.1 Å². The molecule has 0 radical (unpaired) electrons. The summed E-state index contributed by atoms with van der Waals surface area (Å²) in [5.41, 5.74) is 0.912. The molecule has 0 spiro atoms. The second-order valence-corrected chi connectivity index (χ2v) is 3.09. The van der Waals surface area contributed by atoms with Crippen molar-refractivity contribution < 1.29 is 4.74 Å². The molecule has 0 aliphatic rings. The summed E-state index contributed by atoms with van der Waals surface area (Å²) in [4.78, 5) is 0. The highest BCUT2D eigenvalue weighted by atomic mass is 35.5.